The van der Waals surface area contributed by atoms with Crippen molar-refractivity contribution in [3.8, 4) is 0 Å². The van der Waals surface area contributed by atoms with Crippen LogP contribution >= 0.6 is 0 Å². The van der Waals surface area contributed by atoms with Gasteiger partial charge in [-0.05, 0) is 13.8 Å². The van der Waals surface area contributed by atoms with Crippen molar-refractivity contribution in [2.24, 2.45) is 0 Å². The Bertz CT molecular complexity index is 128. The summed E-state index contributed by atoms with van der Waals surface area (Å²) < 4.78 is 0. The lowest BCUT2D eigenvalue weighted by atomic mass is 10.2. The van der Waals surface area contributed by atoms with Crippen molar-refractivity contribution in [1.29, 1.82) is 0 Å². The Morgan fingerprint density at radius 2 is 1.82 bits per heavy atom. The lowest BCUT2D eigenvalue weighted by Crippen LogP contribution is -2.49. The van der Waals surface area contributed by atoms with Crippen LogP contribution in [0.3, 0.4) is 0 Å². The van der Waals surface area contributed by atoms with Gasteiger partial charge in [-0.15, -0.1) is 0 Å². The van der Waals surface area contributed by atoms with Crippen LogP contribution in [0.2, 0.25) is 12.1 Å². The Balaban J connectivity index is 2.55. The molecule has 2 N–H and O–H groups in total. The zero-order valence-electron chi connectivity index (χ0n) is 7.38. The van der Waals surface area contributed by atoms with Gasteiger partial charge in [0, 0.05) is 0 Å². The van der Waals surface area contributed by atoms with Crippen molar-refractivity contribution < 1.29 is 10.2 Å². The van der Waals surface area contributed by atoms with Gasteiger partial charge in [0.2, 0.25) is 0 Å². The molecule has 0 aliphatic carbocycles. The molecule has 2 atom stereocenters. The van der Waals surface area contributed by atoms with Crippen LogP contribution in [-0.4, -0.2) is 30.3 Å². The summed E-state index contributed by atoms with van der Waals surface area (Å²) in [5, 5.41) is 18.5. The van der Waals surface area contributed by atoms with Crippen molar-refractivity contribution >= 4 is 8.80 Å². The van der Waals surface area contributed by atoms with Gasteiger partial charge in [0.15, 0.2) is 0 Å². The van der Waals surface area contributed by atoms with E-state index < -0.39 is 20.1 Å². The molecule has 1 heterocycles. The van der Waals surface area contributed by atoms with Gasteiger partial charge in [0.25, 0.3) is 0 Å². The third-order valence-electron chi connectivity index (χ3n) is 3.03. The number of hydrogen-bond acceptors (Lipinski definition) is 2. The minimum absolute atomic E-state index is 0.544. The van der Waals surface area contributed by atoms with E-state index in [1.165, 1.54) is 24.9 Å². The van der Waals surface area contributed by atoms with E-state index in [0.717, 1.165) is 0 Å². The Morgan fingerprint density at radius 3 is 2.18 bits per heavy atom. The lowest BCUT2D eigenvalue weighted by molar-refractivity contribution is 0.00476. The summed E-state index contributed by atoms with van der Waals surface area (Å²) in [4.78, 5) is 0. The van der Waals surface area contributed by atoms with Gasteiger partial charge in [-0.3, -0.25) is 0 Å². The first kappa shape index (κ1) is 9.23. The summed E-state index contributed by atoms with van der Waals surface area (Å²) >= 11 is 0. The third kappa shape index (κ3) is 1.83. The molecule has 1 aliphatic rings. The Hall–Kier alpha value is 0.137. The quantitative estimate of drug-likeness (QED) is 0.604. The highest BCUT2D eigenvalue weighted by Crippen LogP contribution is 2.29. The van der Waals surface area contributed by atoms with Crippen LogP contribution < -0.4 is 0 Å². The predicted molar refractivity (Wildman–Crippen MR) is 48.3 cm³/mol. The molecule has 0 bridgehead atoms. The maximum absolute atomic E-state index is 9.90. The average Bonchev–Trinajstić information content (AvgIpc) is 2.37. The maximum atomic E-state index is 9.90. The number of aliphatic hydroxyl groups is 2. The van der Waals surface area contributed by atoms with Gasteiger partial charge in [-0.2, -0.15) is 0 Å². The van der Waals surface area contributed by atoms with E-state index in [1.54, 1.807) is 13.8 Å². The second kappa shape index (κ2) is 3.25. The minimum atomic E-state index is -1.04. The van der Waals surface area contributed by atoms with Crippen LogP contribution in [0.15, 0.2) is 0 Å². The van der Waals surface area contributed by atoms with Crippen molar-refractivity contribution in [1.82, 2.24) is 0 Å². The topological polar surface area (TPSA) is 40.5 Å². The second-order valence-corrected chi connectivity index (χ2v) is 7.60. The third-order valence-corrected chi connectivity index (χ3v) is 7.37. The summed E-state index contributed by atoms with van der Waals surface area (Å²) in [7, 11) is -1.04. The second-order valence-electron chi connectivity index (χ2n) is 3.88. The molecule has 0 aromatic carbocycles. The first-order chi connectivity index (χ1) is 5.05. The van der Waals surface area contributed by atoms with Crippen molar-refractivity contribution in [3.05, 3.63) is 0 Å². The van der Waals surface area contributed by atoms with Crippen LogP contribution in [0, 0.1) is 0 Å². The molecule has 0 amide bonds. The molecule has 1 fully saturated rings. The molecule has 0 radical (unpaired) electrons. The molecular weight excluding hydrogens is 156 g/mol. The Kier molecular flexibility index (Phi) is 2.73. The Labute approximate surface area is 69.9 Å². The molecule has 1 aliphatic heterocycles. The normalized spacial score (nSPS) is 28.4. The molecule has 3 heteroatoms. The maximum Gasteiger partial charge on any atom is 0.0782 e. The summed E-state index contributed by atoms with van der Waals surface area (Å²) in [6, 6.07) is 2.41. The van der Waals surface area contributed by atoms with Crippen LogP contribution in [-0.2, 0) is 0 Å². The van der Waals surface area contributed by atoms with Gasteiger partial charge in [0.1, 0.15) is 0 Å². The molecule has 0 saturated carbocycles. The SMILES string of the molecule is CC(O)C(C)(O)[SiH]1CCCC1. The first-order valence-corrected chi connectivity index (χ1v) is 6.66. The fourth-order valence-electron chi connectivity index (χ4n) is 1.85. The number of aliphatic hydroxyl groups excluding tert-OH is 1. The Morgan fingerprint density at radius 1 is 1.36 bits per heavy atom. The van der Waals surface area contributed by atoms with Gasteiger partial charge < -0.3 is 10.2 Å². The van der Waals surface area contributed by atoms with Crippen molar-refractivity contribution in [2.45, 2.75) is 50.1 Å². The zero-order valence-corrected chi connectivity index (χ0v) is 8.53. The van der Waals surface area contributed by atoms with E-state index in [2.05, 4.69) is 0 Å². The highest BCUT2D eigenvalue weighted by atomic mass is 28.3. The van der Waals surface area contributed by atoms with Gasteiger partial charge >= 0.3 is 0 Å². The molecule has 0 aromatic rings. The molecule has 1 rings (SSSR count). The highest BCUT2D eigenvalue weighted by molar-refractivity contribution is 6.62. The van der Waals surface area contributed by atoms with Crippen LogP contribution in [0.4, 0.5) is 0 Å². The van der Waals surface area contributed by atoms with Gasteiger partial charge in [-0.1, -0.05) is 24.9 Å². The minimum Gasteiger partial charge on any atom is -0.391 e. The van der Waals surface area contributed by atoms with Gasteiger partial charge in [-0.25, -0.2) is 0 Å². The zero-order chi connectivity index (χ0) is 8.48. The lowest BCUT2D eigenvalue weighted by Gasteiger charge is -2.31. The van der Waals surface area contributed by atoms with Crippen molar-refractivity contribution in [2.75, 3.05) is 0 Å². The van der Waals surface area contributed by atoms with E-state index in [4.69, 9.17) is 0 Å². The van der Waals surface area contributed by atoms with E-state index in [1.807, 2.05) is 0 Å². The molecule has 66 valence electrons. The molecule has 2 unspecified atom stereocenters. The van der Waals surface area contributed by atoms with Crippen LogP contribution in [0.25, 0.3) is 0 Å². The molecule has 11 heavy (non-hydrogen) atoms. The van der Waals surface area contributed by atoms with E-state index >= 15 is 0 Å². The molecule has 0 aromatic heterocycles. The van der Waals surface area contributed by atoms with Gasteiger partial charge in [0.05, 0.1) is 20.1 Å². The predicted octanol–water partition coefficient (Wildman–Crippen LogP) is 0.678. The van der Waals surface area contributed by atoms with E-state index in [-0.39, 0.29) is 0 Å². The van der Waals surface area contributed by atoms with Crippen LogP contribution in [0.5, 0.6) is 0 Å². The molecule has 2 nitrogen and oxygen atoms in total. The van der Waals surface area contributed by atoms with E-state index in [9.17, 15) is 10.2 Å². The fourth-order valence-corrected chi connectivity index (χ4v) is 5.55. The average molecular weight is 174 g/mol. The molecular formula is C8H18O2Si. The summed E-state index contributed by atoms with van der Waals surface area (Å²) in [6.45, 7) is 3.51. The van der Waals surface area contributed by atoms with Crippen molar-refractivity contribution in [3.63, 3.8) is 0 Å². The smallest absolute Gasteiger partial charge is 0.0782 e. The first-order valence-electron chi connectivity index (χ1n) is 4.45. The monoisotopic (exact) mass is 174 g/mol. The summed E-state index contributed by atoms with van der Waals surface area (Å²) in [6.07, 6.45) is 1.98. The number of rotatable bonds is 2. The van der Waals surface area contributed by atoms with Crippen LogP contribution in [0.1, 0.15) is 26.7 Å². The highest BCUT2D eigenvalue weighted by Gasteiger charge is 2.38. The fraction of sp³-hybridized carbons (Fsp3) is 1.00. The van der Waals surface area contributed by atoms with E-state index in [0.29, 0.717) is 0 Å². The largest absolute Gasteiger partial charge is 0.391 e. The molecule has 0 spiro atoms. The molecule has 1 saturated heterocycles. The standard InChI is InChI=1S/C8H18O2Si/c1-7(9)8(2,10)11-5-3-4-6-11/h7,9-11H,3-6H2,1-2H3. The number of hydrogen-bond donors (Lipinski definition) is 2. The summed E-state index contributed by atoms with van der Waals surface area (Å²) in [5.41, 5.74) is 0. The summed E-state index contributed by atoms with van der Waals surface area (Å²) in [5.74, 6) is 0.